The Hall–Kier alpha value is -2.69. The highest BCUT2D eigenvalue weighted by molar-refractivity contribution is 5.94. The predicted molar refractivity (Wildman–Crippen MR) is 82.0 cm³/mol. The van der Waals surface area contributed by atoms with Crippen molar-refractivity contribution in [1.29, 1.82) is 0 Å². The van der Waals surface area contributed by atoms with Crippen LogP contribution in [0.5, 0.6) is 0 Å². The molecule has 3 rings (SSSR count). The van der Waals surface area contributed by atoms with Gasteiger partial charge in [0.05, 0.1) is 5.52 Å². The summed E-state index contributed by atoms with van der Waals surface area (Å²) in [6.45, 7) is 3.82. The smallest absolute Gasteiger partial charge is 0.249 e. The molecule has 0 radical (unpaired) electrons. The lowest BCUT2D eigenvalue weighted by atomic mass is 10.2. The first-order valence-electron chi connectivity index (χ1n) is 6.82. The lowest BCUT2D eigenvalue weighted by molar-refractivity contribution is -0.119. The molecule has 0 spiro atoms. The number of aromatic nitrogens is 3. The van der Waals surface area contributed by atoms with Gasteiger partial charge in [0, 0.05) is 5.69 Å². The second-order valence-electron chi connectivity index (χ2n) is 5.05. The Labute approximate surface area is 122 Å². The van der Waals surface area contributed by atoms with Crippen LogP contribution in [0, 0.1) is 6.92 Å². The van der Waals surface area contributed by atoms with Crippen LogP contribution in [0.25, 0.3) is 11.0 Å². The Morgan fingerprint density at radius 2 is 1.86 bits per heavy atom. The summed E-state index contributed by atoms with van der Waals surface area (Å²) in [6, 6.07) is 14.9. The summed E-state index contributed by atoms with van der Waals surface area (Å²) in [5, 5.41) is 11.0. The summed E-state index contributed by atoms with van der Waals surface area (Å²) in [5.41, 5.74) is 3.57. The van der Waals surface area contributed by atoms with Crippen LogP contribution in [0.2, 0.25) is 0 Å². The molecule has 1 atom stereocenters. The standard InChI is InChI=1S/C16H16N4O/c1-11-7-9-13(10-8-11)17-16(21)12(2)20-15-6-4-3-5-14(15)18-19-20/h3-10,12H,1-2H3,(H,17,21)/t12-/m0/s1. The number of fused-ring (bicyclic) bond motifs is 1. The normalized spacial score (nSPS) is 12.3. The Balaban J connectivity index is 1.82. The van der Waals surface area contributed by atoms with E-state index in [1.165, 1.54) is 0 Å². The first-order chi connectivity index (χ1) is 10.1. The van der Waals surface area contributed by atoms with Crippen molar-refractivity contribution in [3.63, 3.8) is 0 Å². The maximum absolute atomic E-state index is 12.3. The van der Waals surface area contributed by atoms with E-state index in [9.17, 15) is 4.79 Å². The molecule has 0 bridgehead atoms. The fraction of sp³-hybridized carbons (Fsp3) is 0.188. The molecular formula is C16H16N4O. The van der Waals surface area contributed by atoms with Gasteiger partial charge in [-0.1, -0.05) is 35.0 Å². The number of hydrogen-bond acceptors (Lipinski definition) is 3. The van der Waals surface area contributed by atoms with Crippen molar-refractivity contribution in [3.8, 4) is 0 Å². The topological polar surface area (TPSA) is 59.8 Å². The Morgan fingerprint density at radius 1 is 1.14 bits per heavy atom. The molecule has 0 aliphatic carbocycles. The number of nitrogens with one attached hydrogen (secondary N) is 1. The van der Waals surface area contributed by atoms with E-state index in [4.69, 9.17) is 0 Å². The van der Waals surface area contributed by atoms with Crippen LogP contribution in [-0.4, -0.2) is 20.9 Å². The van der Waals surface area contributed by atoms with E-state index in [1.54, 1.807) is 4.68 Å². The van der Waals surface area contributed by atoms with E-state index in [0.29, 0.717) is 0 Å². The van der Waals surface area contributed by atoms with E-state index in [1.807, 2.05) is 62.4 Å². The van der Waals surface area contributed by atoms with E-state index < -0.39 is 6.04 Å². The quantitative estimate of drug-likeness (QED) is 0.802. The van der Waals surface area contributed by atoms with Crippen LogP contribution < -0.4 is 5.32 Å². The molecule has 2 aromatic carbocycles. The molecule has 1 amide bonds. The lowest BCUT2D eigenvalue weighted by Gasteiger charge is -2.13. The number of amides is 1. The third kappa shape index (κ3) is 2.63. The average molecular weight is 280 g/mol. The van der Waals surface area contributed by atoms with Gasteiger partial charge in [0.25, 0.3) is 0 Å². The third-order valence-corrected chi connectivity index (χ3v) is 3.44. The first kappa shape index (κ1) is 13.3. The van der Waals surface area contributed by atoms with Crippen molar-refractivity contribution in [2.45, 2.75) is 19.9 Å². The second-order valence-corrected chi connectivity index (χ2v) is 5.05. The fourth-order valence-electron chi connectivity index (χ4n) is 2.17. The maximum Gasteiger partial charge on any atom is 0.249 e. The highest BCUT2D eigenvalue weighted by Gasteiger charge is 2.18. The Kier molecular flexibility index (Phi) is 3.39. The molecule has 1 heterocycles. The first-order valence-corrected chi connectivity index (χ1v) is 6.82. The Morgan fingerprint density at radius 3 is 2.62 bits per heavy atom. The molecule has 5 heteroatoms. The van der Waals surface area contributed by atoms with E-state index in [0.717, 1.165) is 22.3 Å². The number of nitrogens with zero attached hydrogens (tertiary/aromatic N) is 3. The van der Waals surface area contributed by atoms with Crippen LogP contribution in [-0.2, 0) is 4.79 Å². The minimum atomic E-state index is -0.432. The molecule has 3 aromatic rings. The monoisotopic (exact) mass is 280 g/mol. The van der Waals surface area contributed by atoms with Gasteiger partial charge in [-0.15, -0.1) is 5.10 Å². The zero-order chi connectivity index (χ0) is 14.8. The van der Waals surface area contributed by atoms with Crippen molar-refractivity contribution >= 4 is 22.6 Å². The third-order valence-electron chi connectivity index (χ3n) is 3.44. The highest BCUT2D eigenvalue weighted by Crippen LogP contribution is 2.17. The molecule has 1 aromatic heterocycles. The fourth-order valence-corrected chi connectivity index (χ4v) is 2.17. The SMILES string of the molecule is Cc1ccc(NC(=O)[C@H](C)n2nnc3ccccc32)cc1. The predicted octanol–water partition coefficient (Wildman–Crippen LogP) is 2.94. The molecule has 0 saturated heterocycles. The van der Waals surface area contributed by atoms with Crippen LogP contribution >= 0.6 is 0 Å². The van der Waals surface area contributed by atoms with Gasteiger partial charge in [-0.05, 0) is 38.1 Å². The summed E-state index contributed by atoms with van der Waals surface area (Å²) >= 11 is 0. The molecule has 0 unspecified atom stereocenters. The van der Waals surface area contributed by atoms with E-state index in [-0.39, 0.29) is 5.91 Å². The van der Waals surface area contributed by atoms with Gasteiger partial charge >= 0.3 is 0 Å². The van der Waals surface area contributed by atoms with Gasteiger partial charge in [-0.3, -0.25) is 4.79 Å². The van der Waals surface area contributed by atoms with Crippen molar-refractivity contribution in [3.05, 3.63) is 54.1 Å². The summed E-state index contributed by atoms with van der Waals surface area (Å²) in [4.78, 5) is 12.3. The van der Waals surface area contributed by atoms with Crippen LogP contribution in [0.3, 0.4) is 0 Å². The average Bonchev–Trinajstić information content (AvgIpc) is 2.92. The van der Waals surface area contributed by atoms with Gasteiger partial charge in [0.15, 0.2) is 0 Å². The van der Waals surface area contributed by atoms with Gasteiger partial charge in [0.2, 0.25) is 5.91 Å². The number of para-hydroxylation sites is 1. The second kappa shape index (κ2) is 5.36. The van der Waals surface area contributed by atoms with E-state index in [2.05, 4.69) is 15.6 Å². The maximum atomic E-state index is 12.3. The number of hydrogen-bond donors (Lipinski definition) is 1. The van der Waals surface area contributed by atoms with Gasteiger partial charge in [0.1, 0.15) is 11.6 Å². The molecule has 0 aliphatic heterocycles. The molecular weight excluding hydrogens is 264 g/mol. The van der Waals surface area contributed by atoms with Crippen molar-refractivity contribution < 1.29 is 4.79 Å². The minimum Gasteiger partial charge on any atom is -0.324 e. The minimum absolute atomic E-state index is 0.116. The molecule has 0 saturated carbocycles. The highest BCUT2D eigenvalue weighted by atomic mass is 16.2. The summed E-state index contributed by atoms with van der Waals surface area (Å²) in [5.74, 6) is -0.116. The van der Waals surface area contributed by atoms with Gasteiger partial charge in [-0.2, -0.15) is 0 Å². The van der Waals surface area contributed by atoms with Crippen LogP contribution in [0.1, 0.15) is 18.5 Å². The lowest BCUT2D eigenvalue weighted by Crippen LogP contribution is -2.24. The molecule has 0 aliphatic rings. The number of carbonyl (C=O) groups is 1. The molecule has 1 N–H and O–H groups in total. The number of carbonyl (C=O) groups excluding carboxylic acids is 1. The zero-order valence-corrected chi connectivity index (χ0v) is 11.9. The van der Waals surface area contributed by atoms with Crippen LogP contribution in [0.15, 0.2) is 48.5 Å². The number of benzene rings is 2. The van der Waals surface area contributed by atoms with Gasteiger partial charge < -0.3 is 5.32 Å². The molecule has 106 valence electrons. The number of anilines is 1. The summed E-state index contributed by atoms with van der Waals surface area (Å²) in [7, 11) is 0. The molecule has 0 fully saturated rings. The van der Waals surface area contributed by atoms with Crippen LogP contribution in [0.4, 0.5) is 5.69 Å². The number of aryl methyl sites for hydroxylation is 1. The Bertz CT molecular complexity index is 776. The molecule has 5 nitrogen and oxygen atoms in total. The zero-order valence-electron chi connectivity index (χ0n) is 11.9. The van der Waals surface area contributed by atoms with E-state index >= 15 is 0 Å². The summed E-state index contributed by atoms with van der Waals surface area (Å²) in [6.07, 6.45) is 0. The largest absolute Gasteiger partial charge is 0.324 e. The molecule has 21 heavy (non-hydrogen) atoms. The van der Waals surface area contributed by atoms with Crippen molar-refractivity contribution in [2.75, 3.05) is 5.32 Å². The summed E-state index contributed by atoms with van der Waals surface area (Å²) < 4.78 is 1.64. The number of rotatable bonds is 3. The van der Waals surface area contributed by atoms with Crippen molar-refractivity contribution in [1.82, 2.24) is 15.0 Å². The van der Waals surface area contributed by atoms with Gasteiger partial charge in [-0.25, -0.2) is 4.68 Å². The van der Waals surface area contributed by atoms with Crippen molar-refractivity contribution in [2.24, 2.45) is 0 Å².